The molecule has 3 atom stereocenters. The molecule has 54 heavy (non-hydrogen) atoms. The van der Waals surface area contributed by atoms with Crippen LogP contribution in [0.15, 0.2) is 77.8 Å². The Hall–Kier alpha value is -4.32. The monoisotopic (exact) mass is 802 g/mol. The number of carbonyl (C=O) groups excluding carboxylic acids is 3. The molecule has 0 saturated heterocycles. The van der Waals surface area contributed by atoms with Crippen LogP contribution in [-0.2, 0) is 28.6 Å². The number of aliphatic hydroxyl groups is 3. The number of hydrogen-bond acceptors (Lipinski definition) is 16. The fourth-order valence-corrected chi connectivity index (χ4v) is 7.46. The number of aromatic nitrogens is 2. The molecule has 0 bridgehead atoms. The van der Waals surface area contributed by atoms with Gasteiger partial charge in [-0.25, -0.2) is 24.4 Å². The lowest BCUT2D eigenvalue weighted by Gasteiger charge is -2.09. The summed E-state index contributed by atoms with van der Waals surface area (Å²) in [4.78, 5) is 47.5. The van der Waals surface area contributed by atoms with Crippen molar-refractivity contribution >= 4 is 78.1 Å². The van der Waals surface area contributed by atoms with Crippen molar-refractivity contribution in [3.63, 3.8) is 0 Å². The lowest BCUT2D eigenvalue weighted by molar-refractivity contribution is -0.401. The fourth-order valence-electron chi connectivity index (χ4n) is 4.12. The van der Waals surface area contributed by atoms with Crippen molar-refractivity contribution in [2.24, 2.45) is 4.99 Å². The van der Waals surface area contributed by atoms with Crippen molar-refractivity contribution in [3.05, 3.63) is 84.2 Å². The first kappa shape index (κ1) is 45.8. The number of esters is 3. The zero-order valence-electron chi connectivity index (χ0n) is 28.7. The molecule has 0 amide bonds. The van der Waals surface area contributed by atoms with Gasteiger partial charge >= 0.3 is 17.9 Å². The minimum atomic E-state index is -0.524. The van der Waals surface area contributed by atoms with Gasteiger partial charge in [-0.2, -0.15) is 5.26 Å². The van der Waals surface area contributed by atoms with E-state index in [4.69, 9.17) is 34.8 Å². The van der Waals surface area contributed by atoms with E-state index in [1.54, 1.807) is 6.07 Å². The summed E-state index contributed by atoms with van der Waals surface area (Å²) in [7, 11) is 2.77. The van der Waals surface area contributed by atoms with Gasteiger partial charge in [0.25, 0.3) is 0 Å². The van der Waals surface area contributed by atoms with Crippen molar-refractivity contribution in [3.8, 4) is 6.07 Å². The van der Waals surface area contributed by atoms with Crippen LogP contribution in [0, 0.1) is 11.3 Å². The Kier molecular flexibility index (Phi) is 21.8. The van der Waals surface area contributed by atoms with Crippen molar-refractivity contribution < 1.29 is 55.4 Å². The number of thioether (sulfide) groups is 1. The Balaban J connectivity index is 0.000000287. The smallest absolute Gasteiger partial charge is 0.365 e. The van der Waals surface area contributed by atoms with Crippen molar-refractivity contribution in [1.29, 1.82) is 5.26 Å². The predicted molar refractivity (Wildman–Crippen MR) is 210 cm³/mol. The first-order chi connectivity index (χ1) is 25.7. The van der Waals surface area contributed by atoms with Crippen LogP contribution in [0.3, 0.4) is 0 Å². The summed E-state index contributed by atoms with van der Waals surface area (Å²) < 4.78 is 14.4. The number of carbonyl (C=O) groups is 3. The standard InChI is InChI=1S/C15H14N2O3S.C10H20N2O6S2.C10H6N2.CH4/c18-7-8-20-15(19)13-9-21-14(17-13)12-6-5-10-3-1-2-4-11(10)16-12;11-7(9(15)17-3-1-13)5-19-20-6-8(12)10(16)18-4-2-14;11-7-9-6-5-8-3-1-2-4-10(8)12-9;/h1-6,13,18H,7-9H2;7-8,13-14H,1-6,11-12H2;1-6H;1H4/p+2/t13-;;;/m1.../s1. The third kappa shape index (κ3) is 15.6. The summed E-state index contributed by atoms with van der Waals surface area (Å²) in [6.45, 7) is -0.632. The summed E-state index contributed by atoms with van der Waals surface area (Å²) in [6, 6.07) is 23.6. The van der Waals surface area contributed by atoms with E-state index >= 15 is 0 Å². The number of para-hydroxylation sites is 2. The number of rotatable bonds is 15. The summed E-state index contributed by atoms with van der Waals surface area (Å²) >= 11 is 1.50. The van der Waals surface area contributed by atoms with Crippen LogP contribution >= 0.6 is 33.3 Å². The highest BCUT2D eigenvalue weighted by atomic mass is 33.1. The van der Waals surface area contributed by atoms with E-state index in [0.29, 0.717) is 23.0 Å². The van der Waals surface area contributed by atoms with Gasteiger partial charge in [0.05, 0.1) is 48.1 Å². The van der Waals surface area contributed by atoms with Crippen LogP contribution < -0.4 is 11.5 Å². The molecule has 2 unspecified atom stereocenters. The van der Waals surface area contributed by atoms with Crippen LogP contribution in [0.2, 0.25) is 0 Å². The summed E-state index contributed by atoms with van der Waals surface area (Å²) in [6.07, 6.45) is 0. The highest BCUT2D eigenvalue weighted by molar-refractivity contribution is 8.76. The minimum absolute atomic E-state index is 0. The molecule has 0 aliphatic carbocycles. The van der Waals surface area contributed by atoms with Crippen molar-refractivity contribution in [2.45, 2.75) is 25.6 Å². The van der Waals surface area contributed by atoms with E-state index in [9.17, 15) is 14.4 Å². The second kappa shape index (κ2) is 25.7. The van der Waals surface area contributed by atoms with E-state index < -0.39 is 36.0 Å². The number of aliphatic imine (C=N–C) groups is 1. The summed E-state index contributed by atoms with van der Waals surface area (Å²) in [5, 5.41) is 37.2. The molecule has 15 nitrogen and oxygen atoms in total. The minimum Gasteiger partial charge on any atom is -0.462 e. The van der Waals surface area contributed by atoms with Gasteiger partial charge in [0.1, 0.15) is 36.6 Å². The molecule has 0 spiro atoms. The molecule has 4 aromatic rings. The fraction of sp³-hybridized carbons (Fsp3) is 0.361. The Labute approximate surface area is 325 Å². The Morgan fingerprint density at radius 3 is 1.81 bits per heavy atom. The molecule has 9 N–H and O–H groups in total. The normalized spacial score (nSPS) is 14.1. The van der Waals surface area contributed by atoms with Crippen molar-refractivity contribution in [1.82, 2.24) is 9.97 Å². The maximum absolute atomic E-state index is 11.7. The molecule has 5 rings (SSSR count). The largest absolute Gasteiger partial charge is 0.462 e. The predicted octanol–water partition coefficient (Wildman–Crippen LogP) is 1.03. The number of fused-ring (bicyclic) bond motifs is 2. The number of pyridine rings is 2. The number of hydrogen-bond donors (Lipinski definition) is 5. The first-order valence-corrected chi connectivity index (χ1v) is 19.7. The average Bonchev–Trinajstić information content (AvgIpc) is 3.70. The van der Waals surface area contributed by atoms with Gasteiger partial charge in [-0.1, -0.05) is 71.5 Å². The van der Waals surface area contributed by atoms with Gasteiger partial charge in [0.15, 0.2) is 18.1 Å². The lowest BCUT2D eigenvalue weighted by atomic mass is 10.2. The highest BCUT2D eigenvalue weighted by Crippen LogP contribution is 2.25. The van der Waals surface area contributed by atoms with E-state index in [0.717, 1.165) is 32.5 Å². The number of benzene rings is 2. The van der Waals surface area contributed by atoms with E-state index in [-0.39, 0.29) is 47.1 Å². The van der Waals surface area contributed by atoms with Gasteiger partial charge in [-0.3, -0.25) is 4.99 Å². The van der Waals surface area contributed by atoms with E-state index in [1.807, 2.05) is 72.8 Å². The molecular weight excluding hydrogens is 757 g/mol. The maximum atomic E-state index is 11.7. The van der Waals surface area contributed by atoms with E-state index in [1.165, 1.54) is 33.3 Å². The second-order valence-electron chi connectivity index (χ2n) is 10.8. The maximum Gasteiger partial charge on any atom is 0.365 e. The second-order valence-corrected chi connectivity index (χ2v) is 14.3. The molecule has 290 valence electrons. The number of ether oxygens (including phenoxy) is 3. The molecule has 0 radical (unpaired) electrons. The number of nitriles is 1. The van der Waals surface area contributed by atoms with Crippen LogP contribution in [0.4, 0.5) is 0 Å². The van der Waals surface area contributed by atoms with Crippen molar-refractivity contribution in [2.75, 3.05) is 56.9 Å². The molecule has 0 saturated carbocycles. The zero-order chi connectivity index (χ0) is 38.4. The number of aliphatic hydroxyl groups excluding tert-OH is 3. The molecule has 3 heterocycles. The average molecular weight is 803 g/mol. The number of quaternary nitrogens is 2. The van der Waals surface area contributed by atoms with Gasteiger partial charge in [-0.15, -0.1) is 11.8 Å². The molecular formula is C36H46N6O9S3+2. The third-order valence-corrected chi connectivity index (χ3v) is 10.4. The van der Waals surface area contributed by atoms with Crippen LogP contribution in [0.5, 0.6) is 0 Å². The molecule has 1 aliphatic rings. The highest BCUT2D eigenvalue weighted by Gasteiger charge is 2.27. The Morgan fingerprint density at radius 1 is 0.778 bits per heavy atom. The molecule has 2 aromatic carbocycles. The molecule has 0 fully saturated rings. The number of nitrogens with zero attached hydrogens (tertiary/aromatic N) is 4. The van der Waals surface area contributed by atoms with Crippen LogP contribution in [0.25, 0.3) is 21.8 Å². The first-order valence-electron chi connectivity index (χ1n) is 16.3. The van der Waals surface area contributed by atoms with Gasteiger partial charge < -0.3 is 41.0 Å². The SMILES string of the molecule is C.N#Cc1ccc2ccccc2n1.O=C(OCCO)[C@H]1CSC(c2ccc3ccccc3n2)=N1.[NH3+]C(CSSCC([NH3+])C(=O)OCCO)C(=O)OCCO. The quantitative estimate of drug-likeness (QED) is 0.0487. The summed E-state index contributed by atoms with van der Waals surface area (Å²) in [5.74, 6) is 0.114. The van der Waals surface area contributed by atoms with E-state index in [2.05, 4.69) is 26.4 Å². The van der Waals surface area contributed by atoms with Crippen LogP contribution in [-0.4, -0.2) is 123 Å². The Bertz CT molecular complexity index is 1840. The third-order valence-electron chi connectivity index (χ3n) is 6.75. The van der Waals surface area contributed by atoms with Gasteiger partial charge in [0.2, 0.25) is 0 Å². The van der Waals surface area contributed by atoms with Gasteiger partial charge in [0, 0.05) is 16.5 Å². The Morgan fingerprint density at radius 2 is 1.28 bits per heavy atom. The molecule has 18 heteroatoms. The van der Waals surface area contributed by atoms with Crippen LogP contribution in [0.1, 0.15) is 18.8 Å². The topological polar surface area (TPSA) is 257 Å². The molecule has 1 aliphatic heterocycles. The lowest BCUT2D eigenvalue weighted by Crippen LogP contribution is -2.67. The van der Waals surface area contributed by atoms with Gasteiger partial charge in [-0.05, 0) is 30.3 Å². The molecule has 2 aromatic heterocycles. The zero-order valence-corrected chi connectivity index (χ0v) is 31.2. The summed E-state index contributed by atoms with van der Waals surface area (Å²) in [5.41, 5.74) is 10.3.